The van der Waals surface area contributed by atoms with E-state index in [0.29, 0.717) is 22.5 Å². The number of carbonyl (C=O) groups excluding carboxylic acids is 2. The van der Waals surface area contributed by atoms with Gasteiger partial charge >= 0.3 is 6.09 Å². The van der Waals surface area contributed by atoms with Gasteiger partial charge in [0.25, 0.3) is 5.91 Å². The fraction of sp³-hybridized carbons (Fsp3) is 0.552. The van der Waals surface area contributed by atoms with Crippen LogP contribution in [0, 0.1) is 5.41 Å². The van der Waals surface area contributed by atoms with Crippen LogP contribution in [0.5, 0.6) is 0 Å². The van der Waals surface area contributed by atoms with Crippen molar-refractivity contribution >= 4 is 29.0 Å². The molecule has 0 saturated carbocycles. The van der Waals surface area contributed by atoms with Crippen LogP contribution in [0.2, 0.25) is 0 Å². The van der Waals surface area contributed by atoms with Gasteiger partial charge in [-0.3, -0.25) is 9.36 Å². The molecule has 2 atom stereocenters. The van der Waals surface area contributed by atoms with Crippen molar-refractivity contribution in [1.82, 2.24) is 29.3 Å². The van der Waals surface area contributed by atoms with Gasteiger partial charge in [-0.15, -0.1) is 0 Å². The van der Waals surface area contributed by atoms with Crippen LogP contribution in [-0.4, -0.2) is 85.7 Å². The summed E-state index contributed by atoms with van der Waals surface area (Å²) in [5.41, 5.74) is 1.41. The standard InChI is InChI=1S/C29H37N7O4/c1-28(2,3)40-27(38)35-16-29(17-35)12-7-13-34(15-29)14-21-10-11-22(39-21)36-19-32-23-24(30-18-31-25(23)36)33-26(37)20-8-5-4-6-9-20/h4-6,8-9,18-19,21-22H,7,10-17H2,1-3H3,(H,30,31,33,37). The third kappa shape index (κ3) is 5.53. The molecule has 0 aliphatic carbocycles. The van der Waals surface area contributed by atoms with E-state index in [4.69, 9.17) is 9.47 Å². The number of ether oxygens (including phenoxy) is 2. The lowest BCUT2D eigenvalue weighted by molar-refractivity contribution is -0.0761. The number of piperidine rings is 1. The summed E-state index contributed by atoms with van der Waals surface area (Å²) >= 11 is 0. The fourth-order valence-corrected chi connectivity index (χ4v) is 6.18. The topological polar surface area (TPSA) is 115 Å². The molecule has 3 saturated heterocycles. The third-order valence-electron chi connectivity index (χ3n) is 7.93. The predicted octanol–water partition coefficient (Wildman–Crippen LogP) is 4.09. The van der Waals surface area contributed by atoms with Gasteiger partial charge in [0.15, 0.2) is 17.0 Å². The highest BCUT2D eigenvalue weighted by atomic mass is 16.6. The van der Waals surface area contributed by atoms with Crippen molar-refractivity contribution in [2.45, 2.75) is 64.4 Å². The van der Waals surface area contributed by atoms with E-state index in [9.17, 15) is 9.59 Å². The van der Waals surface area contributed by atoms with Crippen molar-refractivity contribution in [1.29, 1.82) is 0 Å². The van der Waals surface area contributed by atoms with Gasteiger partial charge in [-0.2, -0.15) is 0 Å². The maximum Gasteiger partial charge on any atom is 0.410 e. The Morgan fingerprint density at radius 2 is 1.90 bits per heavy atom. The van der Waals surface area contributed by atoms with E-state index < -0.39 is 5.60 Å². The zero-order chi connectivity index (χ0) is 27.9. The van der Waals surface area contributed by atoms with Crippen LogP contribution in [0.15, 0.2) is 43.0 Å². The van der Waals surface area contributed by atoms with Crippen molar-refractivity contribution in [3.05, 3.63) is 48.5 Å². The van der Waals surface area contributed by atoms with Gasteiger partial charge in [0.1, 0.15) is 18.2 Å². The summed E-state index contributed by atoms with van der Waals surface area (Å²) < 4.78 is 14.0. The lowest BCUT2D eigenvalue weighted by Gasteiger charge is -2.54. The molecule has 2 amide bonds. The zero-order valence-corrected chi connectivity index (χ0v) is 23.4. The minimum atomic E-state index is -0.473. The smallest absolute Gasteiger partial charge is 0.410 e. The number of carbonyl (C=O) groups is 2. The van der Waals surface area contributed by atoms with Crippen LogP contribution in [0.1, 0.15) is 63.0 Å². The first-order valence-electron chi connectivity index (χ1n) is 14.1. The number of fused-ring (bicyclic) bond motifs is 1. The highest BCUT2D eigenvalue weighted by Crippen LogP contribution is 2.40. The summed E-state index contributed by atoms with van der Waals surface area (Å²) in [7, 11) is 0. The number of nitrogens with zero attached hydrogens (tertiary/aromatic N) is 6. The van der Waals surface area contributed by atoms with E-state index in [-0.39, 0.29) is 29.7 Å². The van der Waals surface area contributed by atoms with E-state index in [1.807, 2.05) is 48.4 Å². The Balaban J connectivity index is 1.05. The first-order valence-corrected chi connectivity index (χ1v) is 14.1. The molecule has 11 nitrogen and oxygen atoms in total. The molecule has 11 heteroatoms. The molecule has 40 heavy (non-hydrogen) atoms. The molecule has 3 fully saturated rings. The number of hydrogen-bond acceptors (Lipinski definition) is 8. The van der Waals surface area contributed by atoms with E-state index in [2.05, 4.69) is 25.2 Å². The van der Waals surface area contributed by atoms with Crippen molar-refractivity contribution in [2.24, 2.45) is 5.41 Å². The molecule has 3 aliphatic rings. The monoisotopic (exact) mass is 547 g/mol. The largest absolute Gasteiger partial charge is 0.444 e. The fourth-order valence-electron chi connectivity index (χ4n) is 6.18. The predicted molar refractivity (Wildman–Crippen MR) is 149 cm³/mol. The summed E-state index contributed by atoms with van der Waals surface area (Å²) in [6.45, 7) is 10.1. The molecule has 1 N–H and O–H groups in total. The van der Waals surface area contributed by atoms with E-state index in [1.54, 1.807) is 18.5 Å². The number of imidazole rings is 1. The van der Waals surface area contributed by atoms with Crippen LogP contribution in [0.25, 0.3) is 11.2 Å². The number of benzene rings is 1. The molecular formula is C29H37N7O4. The SMILES string of the molecule is CC(C)(C)OC(=O)N1CC2(CCCN(CC3CCC(n4cnc5c(NC(=O)c6ccccc6)ncnc54)O3)C2)C1. The summed E-state index contributed by atoms with van der Waals surface area (Å²) in [6.07, 6.45) is 6.96. The molecule has 5 heterocycles. The number of rotatable bonds is 5. The lowest BCUT2D eigenvalue weighted by Crippen LogP contribution is -2.65. The first kappa shape index (κ1) is 26.6. The average Bonchev–Trinajstić information content (AvgIpc) is 3.54. The number of hydrogen-bond donors (Lipinski definition) is 1. The Morgan fingerprint density at radius 3 is 2.67 bits per heavy atom. The molecular weight excluding hydrogens is 510 g/mol. The second kappa shape index (κ2) is 10.4. The molecule has 212 valence electrons. The van der Waals surface area contributed by atoms with Crippen LogP contribution < -0.4 is 5.32 Å². The van der Waals surface area contributed by atoms with Gasteiger partial charge in [-0.25, -0.2) is 19.7 Å². The van der Waals surface area contributed by atoms with Gasteiger partial charge in [-0.1, -0.05) is 18.2 Å². The zero-order valence-electron chi connectivity index (χ0n) is 23.4. The number of amides is 2. The Labute approximate surface area is 233 Å². The maximum atomic E-state index is 12.7. The maximum absolute atomic E-state index is 12.7. The Morgan fingerprint density at radius 1 is 1.10 bits per heavy atom. The number of aromatic nitrogens is 4. The van der Waals surface area contributed by atoms with Gasteiger partial charge in [0, 0.05) is 37.2 Å². The number of likely N-dealkylation sites (tertiary alicyclic amines) is 2. The Kier molecular flexibility index (Phi) is 6.95. The van der Waals surface area contributed by atoms with E-state index in [0.717, 1.165) is 58.4 Å². The molecule has 3 aromatic rings. The van der Waals surface area contributed by atoms with Crippen molar-refractivity contribution in [3.8, 4) is 0 Å². The normalized spacial score (nSPS) is 22.8. The molecule has 1 aromatic carbocycles. The molecule has 2 unspecified atom stereocenters. The summed E-state index contributed by atoms with van der Waals surface area (Å²) in [4.78, 5) is 42.7. The second-order valence-corrected chi connectivity index (χ2v) is 12.3. The van der Waals surface area contributed by atoms with Crippen molar-refractivity contribution < 1.29 is 19.1 Å². The van der Waals surface area contributed by atoms with E-state index >= 15 is 0 Å². The molecule has 0 radical (unpaired) electrons. The highest BCUT2D eigenvalue weighted by molar-refractivity contribution is 6.06. The second-order valence-electron chi connectivity index (χ2n) is 12.3. The molecule has 6 rings (SSSR count). The molecule has 0 bridgehead atoms. The minimum absolute atomic E-state index is 0.110. The van der Waals surface area contributed by atoms with Gasteiger partial charge in [-0.05, 0) is 65.1 Å². The van der Waals surface area contributed by atoms with Crippen LogP contribution in [0.4, 0.5) is 10.6 Å². The van der Waals surface area contributed by atoms with Gasteiger partial charge < -0.3 is 24.6 Å². The van der Waals surface area contributed by atoms with E-state index in [1.165, 1.54) is 6.33 Å². The van der Waals surface area contributed by atoms with Crippen LogP contribution in [0.3, 0.4) is 0 Å². The van der Waals surface area contributed by atoms with Crippen molar-refractivity contribution in [3.63, 3.8) is 0 Å². The highest BCUT2D eigenvalue weighted by Gasteiger charge is 2.48. The van der Waals surface area contributed by atoms with Crippen molar-refractivity contribution in [2.75, 3.05) is 38.0 Å². The molecule has 1 spiro atoms. The molecule has 3 aliphatic heterocycles. The Bertz CT molecular complexity index is 1380. The lowest BCUT2D eigenvalue weighted by atomic mass is 9.73. The summed E-state index contributed by atoms with van der Waals surface area (Å²) in [5.74, 6) is 0.138. The van der Waals surface area contributed by atoms with Gasteiger partial charge in [0.2, 0.25) is 0 Å². The van der Waals surface area contributed by atoms with Crippen LogP contribution >= 0.6 is 0 Å². The minimum Gasteiger partial charge on any atom is -0.444 e. The third-order valence-corrected chi connectivity index (χ3v) is 7.93. The molecule has 2 aromatic heterocycles. The van der Waals surface area contributed by atoms with Gasteiger partial charge in [0.05, 0.1) is 12.4 Å². The number of nitrogens with one attached hydrogen (secondary N) is 1. The summed E-state index contributed by atoms with van der Waals surface area (Å²) in [5, 5.41) is 2.86. The quantitative estimate of drug-likeness (QED) is 0.508. The first-order chi connectivity index (χ1) is 19.2. The van der Waals surface area contributed by atoms with Crippen LogP contribution in [-0.2, 0) is 9.47 Å². The Hall–Kier alpha value is -3.57. The average molecular weight is 548 g/mol. The number of anilines is 1. The summed E-state index contributed by atoms with van der Waals surface area (Å²) in [6, 6.07) is 9.02.